The summed E-state index contributed by atoms with van der Waals surface area (Å²) in [5.74, 6) is -0.0151. The zero-order valence-corrected chi connectivity index (χ0v) is 21.2. The van der Waals surface area contributed by atoms with Crippen LogP contribution in [0.4, 0.5) is 5.69 Å². The van der Waals surface area contributed by atoms with E-state index in [1.54, 1.807) is 43.3 Å². The number of likely N-dealkylation sites (tertiary alicyclic amines) is 1. The Kier molecular flexibility index (Phi) is 8.86. The average molecular weight is 501 g/mol. The van der Waals surface area contributed by atoms with Crippen LogP contribution in [-0.2, 0) is 19.6 Å². The summed E-state index contributed by atoms with van der Waals surface area (Å²) in [6.07, 6.45) is 5.74. The molecule has 10 heteroatoms. The number of benzene rings is 2. The van der Waals surface area contributed by atoms with Crippen molar-refractivity contribution in [1.29, 1.82) is 0 Å². The molecular weight excluding hydrogens is 468 g/mol. The van der Waals surface area contributed by atoms with Crippen molar-refractivity contribution in [2.45, 2.75) is 33.1 Å². The Morgan fingerprint density at radius 3 is 2.40 bits per heavy atom. The van der Waals surface area contributed by atoms with Crippen LogP contribution in [0.15, 0.2) is 47.6 Å². The Morgan fingerprint density at radius 2 is 1.77 bits per heavy atom. The minimum atomic E-state index is -3.67. The van der Waals surface area contributed by atoms with Crippen LogP contribution in [0, 0.1) is 13.8 Å². The highest BCUT2D eigenvalue weighted by Crippen LogP contribution is 2.23. The number of hydrazone groups is 1. The molecule has 0 spiro atoms. The van der Waals surface area contributed by atoms with E-state index in [1.807, 2.05) is 17.9 Å². The van der Waals surface area contributed by atoms with Gasteiger partial charge in [0.25, 0.3) is 11.8 Å². The van der Waals surface area contributed by atoms with E-state index >= 15 is 0 Å². The van der Waals surface area contributed by atoms with Gasteiger partial charge in [0, 0.05) is 13.1 Å². The molecule has 2 amide bonds. The number of hydrogen-bond donors (Lipinski definition) is 1. The largest absolute Gasteiger partial charge is 0.484 e. The van der Waals surface area contributed by atoms with Gasteiger partial charge in [0.15, 0.2) is 6.61 Å². The second-order valence-electron chi connectivity index (χ2n) is 8.65. The molecule has 1 aliphatic heterocycles. The molecule has 1 aliphatic rings. The van der Waals surface area contributed by atoms with Crippen LogP contribution in [0.3, 0.4) is 0 Å². The van der Waals surface area contributed by atoms with E-state index in [0.717, 1.165) is 54.0 Å². The van der Waals surface area contributed by atoms with Crippen LogP contribution in [0.2, 0.25) is 0 Å². The first-order chi connectivity index (χ1) is 16.6. The van der Waals surface area contributed by atoms with Crippen molar-refractivity contribution in [2.24, 2.45) is 5.10 Å². The Morgan fingerprint density at radius 1 is 1.09 bits per heavy atom. The Labute approximate surface area is 206 Å². The molecular formula is C25H32N4O5S. The van der Waals surface area contributed by atoms with Gasteiger partial charge in [0.2, 0.25) is 10.0 Å². The number of piperidine rings is 1. The summed E-state index contributed by atoms with van der Waals surface area (Å²) in [5, 5.41) is 3.92. The number of aryl methyl sites for hydroxylation is 2. The second kappa shape index (κ2) is 11.8. The van der Waals surface area contributed by atoms with E-state index in [1.165, 1.54) is 6.21 Å². The topological polar surface area (TPSA) is 108 Å². The van der Waals surface area contributed by atoms with E-state index in [0.29, 0.717) is 17.0 Å². The second-order valence-corrected chi connectivity index (χ2v) is 10.6. The molecule has 1 fully saturated rings. The molecule has 0 unspecified atom stereocenters. The van der Waals surface area contributed by atoms with Gasteiger partial charge in [-0.05, 0) is 74.6 Å². The molecule has 3 rings (SSSR count). The molecule has 0 aromatic heterocycles. The maximum Gasteiger partial charge on any atom is 0.260 e. The maximum absolute atomic E-state index is 12.4. The number of carbonyl (C=O) groups excluding carboxylic acids is 2. The van der Waals surface area contributed by atoms with Crippen LogP contribution in [0.25, 0.3) is 0 Å². The lowest BCUT2D eigenvalue weighted by molar-refractivity contribution is -0.134. The first-order valence-electron chi connectivity index (χ1n) is 11.5. The standard InChI is InChI=1S/C25H32N4O5S/c1-19-7-12-23(20(2)15-19)29(35(3,32)33)17-24(30)27-26-16-21-8-10-22(11-9-21)34-18-25(31)28-13-5-4-6-14-28/h7-12,15-16H,4-6,13-14,17-18H2,1-3H3,(H,27,30)/b26-16-. The first kappa shape index (κ1) is 26.2. The van der Waals surface area contributed by atoms with Gasteiger partial charge >= 0.3 is 0 Å². The van der Waals surface area contributed by atoms with Gasteiger partial charge in [0.05, 0.1) is 18.2 Å². The number of ether oxygens (including phenoxy) is 1. The van der Waals surface area contributed by atoms with Crippen molar-refractivity contribution in [3.8, 4) is 5.75 Å². The van der Waals surface area contributed by atoms with Gasteiger partial charge in [-0.2, -0.15) is 5.10 Å². The van der Waals surface area contributed by atoms with Gasteiger partial charge in [-0.15, -0.1) is 0 Å². The molecule has 0 bridgehead atoms. The van der Waals surface area contributed by atoms with Crippen molar-refractivity contribution in [1.82, 2.24) is 10.3 Å². The molecule has 35 heavy (non-hydrogen) atoms. The van der Waals surface area contributed by atoms with Crippen molar-refractivity contribution < 1.29 is 22.7 Å². The van der Waals surface area contributed by atoms with Gasteiger partial charge in [0.1, 0.15) is 12.3 Å². The van der Waals surface area contributed by atoms with Crippen LogP contribution < -0.4 is 14.5 Å². The molecule has 2 aromatic carbocycles. The summed E-state index contributed by atoms with van der Waals surface area (Å²) in [6.45, 7) is 4.90. The number of anilines is 1. The highest BCUT2D eigenvalue weighted by molar-refractivity contribution is 7.92. The third-order valence-corrected chi connectivity index (χ3v) is 6.79. The van der Waals surface area contributed by atoms with Crippen LogP contribution in [0.5, 0.6) is 5.75 Å². The molecule has 188 valence electrons. The minimum Gasteiger partial charge on any atom is -0.484 e. The third-order valence-electron chi connectivity index (χ3n) is 5.66. The number of carbonyl (C=O) groups is 2. The minimum absolute atomic E-state index is 0.000781. The third kappa shape index (κ3) is 7.81. The van der Waals surface area contributed by atoms with Crippen LogP contribution in [0.1, 0.15) is 36.0 Å². The van der Waals surface area contributed by atoms with Gasteiger partial charge in [-0.3, -0.25) is 13.9 Å². The fraction of sp³-hybridized carbons (Fsp3) is 0.400. The first-order valence-corrected chi connectivity index (χ1v) is 13.4. The summed E-state index contributed by atoms with van der Waals surface area (Å²) >= 11 is 0. The maximum atomic E-state index is 12.4. The number of amides is 2. The Bertz CT molecular complexity index is 1170. The molecule has 1 N–H and O–H groups in total. The monoisotopic (exact) mass is 500 g/mol. The Balaban J connectivity index is 1.52. The fourth-order valence-electron chi connectivity index (χ4n) is 3.84. The summed E-state index contributed by atoms with van der Waals surface area (Å²) in [6, 6.07) is 12.3. The summed E-state index contributed by atoms with van der Waals surface area (Å²) in [7, 11) is -3.67. The zero-order chi connectivity index (χ0) is 25.4. The Hall–Kier alpha value is -3.40. The van der Waals surface area contributed by atoms with Crippen molar-refractivity contribution in [3.05, 3.63) is 59.2 Å². The predicted molar refractivity (Wildman–Crippen MR) is 136 cm³/mol. The summed E-state index contributed by atoms with van der Waals surface area (Å²) in [5.41, 5.74) is 5.28. The van der Waals surface area contributed by atoms with E-state index in [9.17, 15) is 18.0 Å². The van der Waals surface area contributed by atoms with Crippen molar-refractivity contribution in [3.63, 3.8) is 0 Å². The quantitative estimate of drug-likeness (QED) is 0.421. The van der Waals surface area contributed by atoms with Gasteiger partial charge in [-0.1, -0.05) is 17.7 Å². The van der Waals surface area contributed by atoms with Crippen molar-refractivity contribution >= 4 is 33.7 Å². The lowest BCUT2D eigenvalue weighted by atomic mass is 10.1. The SMILES string of the molecule is Cc1ccc(N(CC(=O)N/N=C\c2ccc(OCC(=O)N3CCCCC3)cc2)S(C)(=O)=O)c(C)c1. The number of nitrogens with one attached hydrogen (secondary N) is 1. The van der Waals surface area contributed by atoms with E-state index < -0.39 is 22.5 Å². The molecule has 0 radical (unpaired) electrons. The number of rotatable bonds is 9. The van der Waals surface area contributed by atoms with E-state index in [4.69, 9.17) is 4.74 Å². The lowest BCUT2D eigenvalue weighted by Gasteiger charge is -2.26. The normalized spacial score (nSPS) is 14.1. The summed E-state index contributed by atoms with van der Waals surface area (Å²) < 4.78 is 31.2. The molecule has 1 saturated heterocycles. The molecule has 2 aromatic rings. The highest BCUT2D eigenvalue weighted by atomic mass is 32.2. The number of hydrogen-bond acceptors (Lipinski definition) is 6. The zero-order valence-electron chi connectivity index (χ0n) is 20.4. The van der Waals surface area contributed by atoms with E-state index in [2.05, 4.69) is 10.5 Å². The molecule has 0 aliphatic carbocycles. The van der Waals surface area contributed by atoms with E-state index in [-0.39, 0.29) is 12.5 Å². The highest BCUT2D eigenvalue weighted by Gasteiger charge is 2.22. The molecule has 1 heterocycles. The smallest absolute Gasteiger partial charge is 0.260 e. The molecule has 9 nitrogen and oxygen atoms in total. The number of sulfonamides is 1. The predicted octanol–water partition coefficient (Wildman–Crippen LogP) is 2.61. The van der Waals surface area contributed by atoms with Crippen molar-refractivity contribution in [2.75, 3.05) is 36.8 Å². The van der Waals surface area contributed by atoms with Gasteiger partial charge in [-0.25, -0.2) is 13.8 Å². The molecule has 0 atom stereocenters. The lowest BCUT2D eigenvalue weighted by Crippen LogP contribution is -2.39. The summed E-state index contributed by atoms with van der Waals surface area (Å²) in [4.78, 5) is 26.4. The van der Waals surface area contributed by atoms with Crippen LogP contribution >= 0.6 is 0 Å². The molecule has 0 saturated carbocycles. The number of nitrogens with zero attached hydrogens (tertiary/aromatic N) is 3. The fourth-order valence-corrected chi connectivity index (χ4v) is 4.75. The van der Waals surface area contributed by atoms with Crippen LogP contribution in [-0.4, -0.2) is 63.8 Å². The van der Waals surface area contributed by atoms with Gasteiger partial charge < -0.3 is 9.64 Å². The average Bonchev–Trinajstić information content (AvgIpc) is 2.82.